The average Bonchev–Trinajstić information content (AvgIpc) is 2.60. The molecule has 4 nitrogen and oxygen atoms in total. The second-order valence-electron chi connectivity index (χ2n) is 5.28. The normalized spacial score (nSPS) is 17.0. The van der Waals surface area contributed by atoms with E-state index >= 15 is 0 Å². The number of carbonyl (C=O) groups excluding carboxylic acids is 1. The minimum atomic E-state index is -2.28. The lowest BCUT2D eigenvalue weighted by molar-refractivity contribution is -0.139. The van der Waals surface area contributed by atoms with Crippen LogP contribution in [0, 0.1) is 29.1 Å². The molecule has 1 aromatic carbocycles. The quantitative estimate of drug-likeness (QED) is 0.263. The van der Waals surface area contributed by atoms with Gasteiger partial charge in [0.05, 0.1) is 18.2 Å². The van der Waals surface area contributed by atoms with Crippen molar-refractivity contribution in [1.29, 1.82) is 0 Å². The molecule has 0 bridgehead atoms. The van der Waals surface area contributed by atoms with Crippen molar-refractivity contribution in [1.82, 2.24) is 10.6 Å². The van der Waals surface area contributed by atoms with Crippen molar-refractivity contribution in [3.63, 3.8) is 0 Å². The van der Waals surface area contributed by atoms with E-state index in [0.29, 0.717) is 0 Å². The first kappa shape index (κ1) is 20.0. The Bertz CT molecular complexity index is 770. The molecule has 2 rings (SSSR count). The molecule has 0 radical (unpaired) electrons. The average molecular weight is 398 g/mol. The molecule has 26 heavy (non-hydrogen) atoms. The van der Waals surface area contributed by atoms with Crippen LogP contribution in [0.4, 0.5) is 26.3 Å². The Hall–Kier alpha value is -2.30. The Morgan fingerprint density at radius 3 is 2.15 bits per heavy atom. The number of benzene rings is 1. The molecular weight excluding hydrogens is 386 g/mol. The fraction of sp³-hybridized carbons (Fsp3) is 0.333. The van der Waals surface area contributed by atoms with Crippen LogP contribution < -0.4 is 10.6 Å². The monoisotopic (exact) mass is 398 g/mol. The highest BCUT2D eigenvalue weighted by Gasteiger charge is 2.30. The van der Waals surface area contributed by atoms with Gasteiger partial charge in [0, 0.05) is 17.7 Å². The summed E-state index contributed by atoms with van der Waals surface area (Å²) in [6.45, 7) is -0.227. The molecule has 0 aromatic heterocycles. The number of ether oxygens (including phenoxy) is 1. The van der Waals surface area contributed by atoms with Gasteiger partial charge in [0.1, 0.15) is 6.67 Å². The van der Waals surface area contributed by atoms with Crippen LogP contribution in [0.2, 0.25) is 0 Å². The number of carbonyl (C=O) groups is 1. The van der Waals surface area contributed by atoms with E-state index in [0.717, 1.165) is 0 Å². The van der Waals surface area contributed by atoms with Crippen molar-refractivity contribution in [2.24, 2.45) is 0 Å². The summed E-state index contributed by atoms with van der Waals surface area (Å²) in [6.07, 6.45) is -0.761. The Balaban J connectivity index is 2.12. The molecule has 0 fully saturated rings. The SMILES string of the molecule is CC1=C(C(=O)OCCc2c(F)c(F)c(F)c(F)c2F)C(CF)NC(=S)N1. The third-order valence-electron chi connectivity index (χ3n) is 3.62. The third kappa shape index (κ3) is 3.76. The Morgan fingerprint density at radius 1 is 1.08 bits per heavy atom. The first-order valence-electron chi connectivity index (χ1n) is 7.20. The molecule has 0 saturated heterocycles. The molecule has 1 aliphatic heterocycles. The van der Waals surface area contributed by atoms with Gasteiger partial charge in [0.15, 0.2) is 28.4 Å². The summed E-state index contributed by atoms with van der Waals surface area (Å²) >= 11 is 4.82. The van der Waals surface area contributed by atoms with Crippen LogP contribution in [0.1, 0.15) is 12.5 Å². The second kappa shape index (κ2) is 7.94. The van der Waals surface area contributed by atoms with Crippen molar-refractivity contribution in [2.45, 2.75) is 19.4 Å². The number of hydrogen-bond donors (Lipinski definition) is 2. The predicted molar refractivity (Wildman–Crippen MR) is 82.2 cm³/mol. The van der Waals surface area contributed by atoms with Crippen LogP contribution >= 0.6 is 12.2 Å². The van der Waals surface area contributed by atoms with Crippen molar-refractivity contribution in [3.8, 4) is 0 Å². The van der Waals surface area contributed by atoms with Crippen LogP contribution in [0.5, 0.6) is 0 Å². The summed E-state index contributed by atoms with van der Waals surface area (Å²) in [5, 5.41) is 5.19. The van der Waals surface area contributed by atoms with Crippen molar-refractivity contribution >= 4 is 23.3 Å². The van der Waals surface area contributed by atoms with Gasteiger partial charge in [-0.25, -0.2) is 31.1 Å². The predicted octanol–water partition coefficient (Wildman–Crippen LogP) is 2.56. The van der Waals surface area contributed by atoms with E-state index in [2.05, 4.69) is 10.6 Å². The number of nitrogens with one attached hydrogen (secondary N) is 2. The maximum absolute atomic E-state index is 13.5. The van der Waals surface area contributed by atoms with Crippen molar-refractivity contribution in [2.75, 3.05) is 13.3 Å². The molecular formula is C15H12F6N2O2S. The van der Waals surface area contributed by atoms with Gasteiger partial charge in [-0.05, 0) is 19.1 Å². The number of alkyl halides is 1. The summed E-state index contributed by atoms with van der Waals surface area (Å²) < 4.78 is 84.1. The third-order valence-corrected chi connectivity index (χ3v) is 3.84. The maximum atomic E-state index is 13.5. The molecule has 0 amide bonds. The van der Waals surface area contributed by atoms with Gasteiger partial charge in [0.25, 0.3) is 0 Å². The van der Waals surface area contributed by atoms with E-state index in [9.17, 15) is 31.1 Å². The maximum Gasteiger partial charge on any atom is 0.337 e. The molecule has 1 aliphatic rings. The molecule has 1 aromatic rings. The highest BCUT2D eigenvalue weighted by atomic mass is 32.1. The molecule has 0 aliphatic carbocycles. The lowest BCUT2D eigenvalue weighted by Gasteiger charge is -2.27. The Morgan fingerprint density at radius 2 is 1.62 bits per heavy atom. The van der Waals surface area contributed by atoms with Crippen molar-refractivity contribution < 1.29 is 35.9 Å². The first-order chi connectivity index (χ1) is 12.2. The summed E-state index contributed by atoms with van der Waals surface area (Å²) in [7, 11) is 0. The minimum Gasteiger partial charge on any atom is -0.462 e. The molecule has 0 saturated carbocycles. The van der Waals surface area contributed by atoms with E-state index in [4.69, 9.17) is 17.0 Å². The number of rotatable bonds is 5. The van der Waals surface area contributed by atoms with E-state index in [1.807, 2.05) is 0 Å². The summed E-state index contributed by atoms with van der Waals surface area (Å²) in [5.74, 6) is -11.5. The first-order valence-corrected chi connectivity index (χ1v) is 7.61. The van der Waals surface area contributed by atoms with Crippen LogP contribution in [0.25, 0.3) is 0 Å². The van der Waals surface area contributed by atoms with E-state index in [-0.39, 0.29) is 16.4 Å². The summed E-state index contributed by atoms with van der Waals surface area (Å²) in [5.41, 5.74) is -1.01. The van der Waals surface area contributed by atoms with E-state index < -0.39 is 66.4 Å². The molecule has 2 N–H and O–H groups in total. The highest BCUT2D eigenvalue weighted by Crippen LogP contribution is 2.23. The standard InChI is InChI=1S/C15H12F6N2O2S/c1-5-8(7(4-16)23-15(26)22-5)14(24)25-3-2-6-9(17)11(19)13(21)12(20)10(6)18/h7H,2-4H2,1H3,(H2,22,23,26). The fourth-order valence-electron chi connectivity index (χ4n) is 2.37. The lowest BCUT2D eigenvalue weighted by atomic mass is 10.0. The molecule has 1 unspecified atom stereocenters. The molecule has 11 heteroatoms. The van der Waals surface area contributed by atoms with Gasteiger partial charge < -0.3 is 15.4 Å². The smallest absolute Gasteiger partial charge is 0.337 e. The van der Waals surface area contributed by atoms with Crippen molar-refractivity contribution in [3.05, 3.63) is 45.9 Å². The van der Waals surface area contributed by atoms with E-state index in [1.54, 1.807) is 0 Å². The minimum absolute atomic E-state index is 0.100. The van der Waals surface area contributed by atoms with Crippen LogP contribution in [0.3, 0.4) is 0 Å². The summed E-state index contributed by atoms with van der Waals surface area (Å²) in [4.78, 5) is 12.1. The number of hydrogen-bond acceptors (Lipinski definition) is 3. The number of allylic oxidation sites excluding steroid dienone is 1. The zero-order chi connectivity index (χ0) is 19.6. The largest absolute Gasteiger partial charge is 0.462 e. The van der Waals surface area contributed by atoms with E-state index in [1.165, 1.54) is 6.92 Å². The molecule has 1 heterocycles. The van der Waals surface area contributed by atoms with Crippen LogP contribution in [-0.2, 0) is 16.0 Å². The molecule has 1 atom stereocenters. The zero-order valence-electron chi connectivity index (χ0n) is 13.2. The van der Waals surface area contributed by atoms with Gasteiger partial charge in [-0.15, -0.1) is 0 Å². The van der Waals surface area contributed by atoms with Gasteiger partial charge in [0.2, 0.25) is 5.82 Å². The number of halogens is 6. The van der Waals surface area contributed by atoms with Crippen LogP contribution in [-0.4, -0.2) is 30.4 Å². The number of thiocarbonyl (C=S) groups is 1. The summed E-state index contributed by atoms with van der Waals surface area (Å²) in [6, 6.07) is -1.08. The topological polar surface area (TPSA) is 50.4 Å². The number of esters is 1. The highest BCUT2D eigenvalue weighted by molar-refractivity contribution is 7.80. The van der Waals surface area contributed by atoms with Crippen LogP contribution in [0.15, 0.2) is 11.3 Å². The lowest BCUT2D eigenvalue weighted by Crippen LogP contribution is -2.50. The fourth-order valence-corrected chi connectivity index (χ4v) is 2.67. The van der Waals surface area contributed by atoms with Gasteiger partial charge >= 0.3 is 5.97 Å². The zero-order valence-corrected chi connectivity index (χ0v) is 14.0. The van der Waals surface area contributed by atoms with Gasteiger partial charge in [-0.2, -0.15) is 0 Å². The molecule has 142 valence electrons. The second-order valence-corrected chi connectivity index (χ2v) is 5.69. The van der Waals surface area contributed by atoms with Gasteiger partial charge in [-0.3, -0.25) is 0 Å². The molecule has 0 spiro atoms. The Labute approximate surface area is 149 Å². The Kier molecular flexibility index (Phi) is 6.11. The van der Waals surface area contributed by atoms with Gasteiger partial charge in [-0.1, -0.05) is 0 Å².